The Morgan fingerprint density at radius 3 is 2.13 bits per heavy atom. The Kier molecular flexibility index (Phi) is 9.30. The summed E-state index contributed by atoms with van der Waals surface area (Å²) in [6, 6.07) is 0. The maximum Gasteiger partial charge on any atom is 0.318 e. The van der Waals surface area contributed by atoms with Gasteiger partial charge in [0.15, 0.2) is 0 Å². The molecule has 5 heteroatoms. The van der Waals surface area contributed by atoms with Crippen molar-refractivity contribution in [2.45, 2.75) is 76.3 Å². The summed E-state index contributed by atoms with van der Waals surface area (Å²) in [5, 5.41) is 1.23. The zero-order valence-electron chi connectivity index (χ0n) is 14.9. The standard InChI is InChI=1S/C18H31N2OS.ClH/c1-15(21)14-22-18-19(2)16-12-10-8-6-4-5-7-9-11-13-17(16)20(18)3;/h4-14H2,1-3H3;1H/q+1;/p-1. The predicted octanol–water partition coefficient (Wildman–Crippen LogP) is 0.754. The molecular formula is C18H31ClN2OS. The van der Waals surface area contributed by atoms with E-state index >= 15 is 0 Å². The summed E-state index contributed by atoms with van der Waals surface area (Å²) >= 11 is 1.68. The van der Waals surface area contributed by atoms with Gasteiger partial charge in [0.1, 0.15) is 17.2 Å². The van der Waals surface area contributed by atoms with Gasteiger partial charge >= 0.3 is 5.16 Å². The van der Waals surface area contributed by atoms with Crippen LogP contribution < -0.4 is 17.0 Å². The van der Waals surface area contributed by atoms with Crippen molar-refractivity contribution in [2.24, 2.45) is 14.1 Å². The van der Waals surface area contributed by atoms with Crippen LogP contribution in [0.15, 0.2) is 5.16 Å². The monoisotopic (exact) mass is 358 g/mol. The van der Waals surface area contributed by atoms with Gasteiger partial charge in [0.2, 0.25) is 0 Å². The normalized spacial score (nSPS) is 16.7. The Labute approximate surface area is 151 Å². The summed E-state index contributed by atoms with van der Waals surface area (Å²) in [7, 11) is 4.35. The molecule has 23 heavy (non-hydrogen) atoms. The fourth-order valence-electron chi connectivity index (χ4n) is 3.47. The Morgan fingerprint density at radius 2 is 1.57 bits per heavy atom. The summed E-state index contributed by atoms with van der Waals surface area (Å²) in [5.74, 6) is 0.824. The van der Waals surface area contributed by atoms with Crippen LogP contribution in [0.2, 0.25) is 0 Å². The third kappa shape index (κ3) is 5.82. The lowest BCUT2D eigenvalue weighted by atomic mass is 10.0. The van der Waals surface area contributed by atoms with E-state index in [-0.39, 0.29) is 18.2 Å². The first kappa shape index (κ1) is 20.6. The molecule has 0 radical (unpaired) electrons. The molecule has 1 heterocycles. The summed E-state index contributed by atoms with van der Waals surface area (Å²) in [6.45, 7) is 1.67. The van der Waals surface area contributed by atoms with E-state index in [1.165, 1.54) is 80.8 Å². The van der Waals surface area contributed by atoms with E-state index < -0.39 is 0 Å². The molecule has 0 atom stereocenters. The minimum Gasteiger partial charge on any atom is -1.00 e. The number of rotatable bonds is 3. The number of ketones is 1. The first-order chi connectivity index (χ1) is 10.6. The molecule has 1 aliphatic carbocycles. The van der Waals surface area contributed by atoms with Crippen molar-refractivity contribution < 1.29 is 21.8 Å². The molecule has 0 aliphatic heterocycles. The average molecular weight is 359 g/mol. The van der Waals surface area contributed by atoms with Crippen LogP contribution in [0.25, 0.3) is 0 Å². The van der Waals surface area contributed by atoms with Crippen LogP contribution in [0.4, 0.5) is 0 Å². The van der Waals surface area contributed by atoms with E-state index in [1.807, 2.05) is 0 Å². The molecule has 0 unspecified atom stereocenters. The second kappa shape index (κ2) is 10.4. The lowest BCUT2D eigenvalue weighted by Crippen LogP contribution is -3.00. The molecule has 0 fully saturated rings. The largest absolute Gasteiger partial charge is 1.00 e. The van der Waals surface area contributed by atoms with Crippen molar-refractivity contribution in [1.82, 2.24) is 4.57 Å². The van der Waals surface area contributed by atoms with Crippen LogP contribution in [-0.2, 0) is 31.7 Å². The molecular weight excluding hydrogens is 328 g/mol. The number of hydrogen-bond donors (Lipinski definition) is 0. The Balaban J connectivity index is 0.00000264. The molecule has 1 aliphatic rings. The van der Waals surface area contributed by atoms with Crippen LogP contribution in [0, 0.1) is 0 Å². The third-order valence-corrected chi connectivity index (χ3v) is 6.06. The topological polar surface area (TPSA) is 25.9 Å². The molecule has 0 saturated carbocycles. The van der Waals surface area contributed by atoms with E-state index in [4.69, 9.17) is 0 Å². The van der Waals surface area contributed by atoms with Gasteiger partial charge in [0.25, 0.3) is 0 Å². The van der Waals surface area contributed by atoms with Crippen molar-refractivity contribution in [3.05, 3.63) is 11.4 Å². The molecule has 1 aromatic heterocycles. The summed E-state index contributed by atoms with van der Waals surface area (Å²) in [6.07, 6.45) is 13.2. The summed E-state index contributed by atoms with van der Waals surface area (Å²) < 4.78 is 4.68. The lowest BCUT2D eigenvalue weighted by Gasteiger charge is -2.06. The molecule has 0 spiro atoms. The maximum atomic E-state index is 11.3. The van der Waals surface area contributed by atoms with Gasteiger partial charge in [-0.2, -0.15) is 0 Å². The number of fused-ring (bicyclic) bond motifs is 1. The number of thioether (sulfide) groups is 1. The summed E-state index contributed by atoms with van der Waals surface area (Å²) in [5.41, 5.74) is 2.99. The summed E-state index contributed by atoms with van der Waals surface area (Å²) in [4.78, 5) is 11.3. The SMILES string of the molecule is CC(=O)CSc1n(C)c2c([n+]1C)CCCCCCCCCC2.[Cl-]. The number of nitrogens with zero attached hydrogens (tertiary/aromatic N) is 2. The molecule has 1 aromatic rings. The van der Waals surface area contributed by atoms with Gasteiger partial charge < -0.3 is 12.4 Å². The second-order valence-corrected chi connectivity index (χ2v) is 7.56. The van der Waals surface area contributed by atoms with Gasteiger partial charge in [0.05, 0.1) is 19.8 Å². The highest BCUT2D eigenvalue weighted by atomic mass is 35.5. The fraction of sp³-hybridized carbons (Fsp3) is 0.778. The third-order valence-electron chi connectivity index (χ3n) is 4.70. The van der Waals surface area contributed by atoms with Crippen molar-refractivity contribution in [1.29, 1.82) is 0 Å². The number of halogens is 1. The van der Waals surface area contributed by atoms with E-state index in [0.29, 0.717) is 5.75 Å². The molecule has 0 bridgehead atoms. The molecule has 0 aromatic carbocycles. The van der Waals surface area contributed by atoms with Gasteiger partial charge in [-0.3, -0.25) is 4.79 Å². The van der Waals surface area contributed by atoms with Crippen LogP contribution >= 0.6 is 11.8 Å². The van der Waals surface area contributed by atoms with Gasteiger partial charge in [-0.05, 0) is 31.5 Å². The quantitative estimate of drug-likeness (QED) is 0.589. The lowest BCUT2D eigenvalue weighted by molar-refractivity contribution is -0.716. The van der Waals surface area contributed by atoms with E-state index in [1.54, 1.807) is 18.7 Å². The molecule has 0 N–H and O–H groups in total. The average Bonchev–Trinajstić information content (AvgIpc) is 2.68. The number of aromatic nitrogens is 2. The number of carbonyl (C=O) groups is 1. The van der Waals surface area contributed by atoms with Crippen LogP contribution in [-0.4, -0.2) is 16.1 Å². The van der Waals surface area contributed by atoms with Gasteiger partial charge in [-0.1, -0.05) is 38.5 Å². The smallest absolute Gasteiger partial charge is 0.318 e. The van der Waals surface area contributed by atoms with Crippen molar-refractivity contribution in [3.8, 4) is 0 Å². The van der Waals surface area contributed by atoms with Crippen LogP contribution in [0.3, 0.4) is 0 Å². The van der Waals surface area contributed by atoms with Crippen LogP contribution in [0.1, 0.15) is 69.7 Å². The first-order valence-corrected chi connectivity index (χ1v) is 9.78. The molecule has 0 saturated heterocycles. The number of Topliss-reactive ketones (excluding diaryl/α,β-unsaturated/α-hetero) is 1. The van der Waals surface area contributed by atoms with Gasteiger partial charge in [-0.15, -0.1) is 0 Å². The molecule has 2 rings (SSSR count). The Hall–Kier alpha value is -0.480. The number of carbonyl (C=O) groups excluding carboxylic acids is 1. The fourth-order valence-corrected chi connectivity index (χ4v) is 4.41. The van der Waals surface area contributed by atoms with Crippen molar-refractivity contribution >= 4 is 17.5 Å². The number of hydrogen-bond acceptors (Lipinski definition) is 2. The minimum atomic E-state index is 0. The number of imidazole rings is 1. The van der Waals surface area contributed by atoms with Gasteiger partial charge in [-0.25, -0.2) is 9.13 Å². The zero-order valence-corrected chi connectivity index (χ0v) is 16.4. The van der Waals surface area contributed by atoms with E-state index in [0.717, 1.165) is 0 Å². The molecule has 132 valence electrons. The maximum absolute atomic E-state index is 11.3. The Bertz CT molecular complexity index is 478. The zero-order chi connectivity index (χ0) is 15.9. The predicted molar refractivity (Wildman–Crippen MR) is 92.3 cm³/mol. The second-order valence-electron chi connectivity index (χ2n) is 6.61. The molecule has 3 nitrogen and oxygen atoms in total. The van der Waals surface area contributed by atoms with Crippen LogP contribution in [0.5, 0.6) is 0 Å². The molecule has 0 amide bonds. The highest BCUT2D eigenvalue weighted by Crippen LogP contribution is 2.23. The highest BCUT2D eigenvalue weighted by molar-refractivity contribution is 7.99. The van der Waals surface area contributed by atoms with Gasteiger partial charge in [0, 0.05) is 12.8 Å². The van der Waals surface area contributed by atoms with Crippen molar-refractivity contribution in [2.75, 3.05) is 5.75 Å². The minimum absolute atomic E-state index is 0. The Morgan fingerprint density at radius 1 is 1.04 bits per heavy atom. The van der Waals surface area contributed by atoms with E-state index in [2.05, 4.69) is 23.2 Å². The van der Waals surface area contributed by atoms with E-state index in [9.17, 15) is 4.79 Å². The van der Waals surface area contributed by atoms with Crippen molar-refractivity contribution in [3.63, 3.8) is 0 Å². The highest BCUT2D eigenvalue weighted by Gasteiger charge is 2.26. The first-order valence-electron chi connectivity index (χ1n) is 8.80.